The van der Waals surface area contributed by atoms with Gasteiger partial charge in [0.1, 0.15) is 0 Å². The molecule has 2 aliphatic heterocycles. The van der Waals surface area contributed by atoms with Crippen molar-refractivity contribution >= 4 is 0 Å². The molecule has 0 aliphatic carbocycles. The van der Waals surface area contributed by atoms with Crippen LogP contribution in [-0.4, -0.2) is 47.7 Å². The van der Waals surface area contributed by atoms with E-state index in [2.05, 4.69) is 44.5 Å². The lowest BCUT2D eigenvalue weighted by Gasteiger charge is -2.27. The molecule has 1 fully saturated rings. The maximum atomic E-state index is 5.42. The fraction of sp³-hybridized carbons (Fsp3) is 0.471. The number of nitrogens with zero attached hydrogens (tertiary/aromatic N) is 2. The minimum atomic E-state index is 0.208. The fourth-order valence-electron chi connectivity index (χ4n) is 3.38. The second-order valence-electron chi connectivity index (χ2n) is 6.04. The summed E-state index contributed by atoms with van der Waals surface area (Å²) in [6.45, 7) is 5.73. The Morgan fingerprint density at radius 3 is 3.09 bits per heavy atom. The van der Waals surface area contributed by atoms with E-state index in [-0.39, 0.29) is 6.04 Å². The van der Waals surface area contributed by atoms with Crippen molar-refractivity contribution in [3.05, 3.63) is 53.1 Å². The molecule has 1 atom stereocenters. The number of imidazole rings is 1. The van der Waals surface area contributed by atoms with Crippen molar-refractivity contribution in [3.63, 3.8) is 0 Å². The number of fused-ring (bicyclic) bond motifs is 1. The van der Waals surface area contributed by atoms with E-state index in [0.717, 1.165) is 51.5 Å². The Balaban J connectivity index is 1.55. The van der Waals surface area contributed by atoms with Gasteiger partial charge in [-0.25, -0.2) is 4.98 Å². The van der Waals surface area contributed by atoms with Crippen molar-refractivity contribution < 1.29 is 4.74 Å². The summed E-state index contributed by atoms with van der Waals surface area (Å²) in [6.07, 6.45) is 2.83. The number of ether oxygens (including phenoxy) is 1. The highest BCUT2D eigenvalue weighted by Crippen LogP contribution is 2.27. The van der Waals surface area contributed by atoms with E-state index in [0.29, 0.717) is 0 Å². The highest BCUT2D eigenvalue weighted by Gasteiger charge is 2.23. The van der Waals surface area contributed by atoms with Crippen molar-refractivity contribution in [2.75, 3.05) is 32.8 Å². The Bertz CT molecular complexity index is 633. The Labute approximate surface area is 130 Å². The van der Waals surface area contributed by atoms with Crippen LogP contribution in [0, 0.1) is 0 Å². The Kier molecular flexibility index (Phi) is 3.93. The van der Waals surface area contributed by atoms with Gasteiger partial charge >= 0.3 is 0 Å². The SMILES string of the molecule is c1cc(CN2CCOCC2)cc(C2NCCc3[nH]cnc32)c1. The molecule has 1 saturated heterocycles. The first kappa shape index (κ1) is 13.9. The molecule has 1 aromatic heterocycles. The molecule has 116 valence electrons. The number of nitrogens with one attached hydrogen (secondary N) is 2. The number of hydrogen-bond acceptors (Lipinski definition) is 4. The maximum absolute atomic E-state index is 5.42. The molecule has 0 radical (unpaired) electrons. The zero-order valence-electron chi connectivity index (χ0n) is 12.7. The normalized spacial score (nSPS) is 22.5. The van der Waals surface area contributed by atoms with Gasteiger partial charge in [-0.2, -0.15) is 0 Å². The number of morpholine rings is 1. The van der Waals surface area contributed by atoms with Crippen molar-refractivity contribution in [2.24, 2.45) is 0 Å². The van der Waals surface area contributed by atoms with Crippen LogP contribution in [0.4, 0.5) is 0 Å². The number of aromatic amines is 1. The van der Waals surface area contributed by atoms with Crippen LogP contribution in [0.2, 0.25) is 0 Å². The van der Waals surface area contributed by atoms with E-state index >= 15 is 0 Å². The van der Waals surface area contributed by atoms with Gasteiger partial charge < -0.3 is 15.0 Å². The number of benzene rings is 1. The molecular formula is C17H22N4O. The van der Waals surface area contributed by atoms with Crippen molar-refractivity contribution in [1.29, 1.82) is 0 Å². The van der Waals surface area contributed by atoms with Crippen LogP contribution >= 0.6 is 0 Å². The van der Waals surface area contributed by atoms with Crippen molar-refractivity contribution in [3.8, 4) is 0 Å². The van der Waals surface area contributed by atoms with Gasteiger partial charge in [-0.1, -0.05) is 24.3 Å². The van der Waals surface area contributed by atoms with E-state index < -0.39 is 0 Å². The summed E-state index contributed by atoms with van der Waals surface area (Å²) in [5.41, 5.74) is 5.08. The number of hydrogen-bond donors (Lipinski definition) is 2. The standard InChI is InChI=1S/C17H22N4O/c1-2-13(11-21-6-8-22-9-7-21)10-14(3-1)16-17-15(4-5-18-16)19-12-20-17/h1-3,10,12,16,18H,4-9,11H2,(H,19,20). The monoisotopic (exact) mass is 298 g/mol. The van der Waals surface area contributed by atoms with Crippen LogP contribution in [0.5, 0.6) is 0 Å². The summed E-state index contributed by atoms with van der Waals surface area (Å²) in [4.78, 5) is 10.2. The first-order valence-electron chi connectivity index (χ1n) is 8.04. The van der Waals surface area contributed by atoms with Gasteiger partial charge in [-0.15, -0.1) is 0 Å². The molecule has 0 amide bonds. The van der Waals surface area contributed by atoms with E-state index in [4.69, 9.17) is 4.74 Å². The first-order valence-corrected chi connectivity index (χ1v) is 8.04. The van der Waals surface area contributed by atoms with Gasteiger partial charge in [-0.3, -0.25) is 4.90 Å². The predicted octanol–water partition coefficient (Wildman–Crippen LogP) is 1.48. The van der Waals surface area contributed by atoms with Gasteiger partial charge in [0.25, 0.3) is 0 Å². The molecule has 1 aromatic carbocycles. The van der Waals surface area contributed by atoms with Crippen LogP contribution in [0.3, 0.4) is 0 Å². The quantitative estimate of drug-likeness (QED) is 0.901. The largest absolute Gasteiger partial charge is 0.379 e. The zero-order chi connectivity index (χ0) is 14.8. The van der Waals surface area contributed by atoms with Crippen LogP contribution in [0.15, 0.2) is 30.6 Å². The van der Waals surface area contributed by atoms with Gasteiger partial charge in [0.2, 0.25) is 0 Å². The fourth-order valence-corrected chi connectivity index (χ4v) is 3.38. The lowest BCUT2D eigenvalue weighted by Crippen LogP contribution is -2.35. The Morgan fingerprint density at radius 2 is 2.18 bits per heavy atom. The van der Waals surface area contributed by atoms with E-state index in [1.54, 1.807) is 0 Å². The topological polar surface area (TPSA) is 53.2 Å². The molecule has 5 nitrogen and oxygen atoms in total. The van der Waals surface area contributed by atoms with E-state index in [1.807, 2.05) is 6.33 Å². The molecule has 4 rings (SSSR count). The van der Waals surface area contributed by atoms with Gasteiger partial charge in [0.15, 0.2) is 0 Å². The molecule has 2 aromatic rings. The third-order valence-electron chi connectivity index (χ3n) is 4.54. The average molecular weight is 298 g/mol. The van der Waals surface area contributed by atoms with Gasteiger partial charge in [0, 0.05) is 38.3 Å². The second-order valence-corrected chi connectivity index (χ2v) is 6.04. The number of rotatable bonds is 3. The summed E-state index contributed by atoms with van der Waals surface area (Å²) >= 11 is 0. The summed E-state index contributed by atoms with van der Waals surface area (Å²) in [5, 5.41) is 3.59. The average Bonchev–Trinajstić information content (AvgIpc) is 3.04. The van der Waals surface area contributed by atoms with Crippen LogP contribution < -0.4 is 5.32 Å². The first-order chi connectivity index (χ1) is 10.9. The number of aromatic nitrogens is 2. The molecule has 2 aliphatic rings. The zero-order valence-corrected chi connectivity index (χ0v) is 12.7. The lowest BCUT2D eigenvalue weighted by atomic mass is 9.96. The van der Waals surface area contributed by atoms with Crippen LogP contribution in [0.25, 0.3) is 0 Å². The summed E-state index contributed by atoms with van der Waals surface area (Å²) in [7, 11) is 0. The molecular weight excluding hydrogens is 276 g/mol. The van der Waals surface area contributed by atoms with E-state index in [1.165, 1.54) is 16.8 Å². The molecule has 2 N–H and O–H groups in total. The van der Waals surface area contributed by atoms with Gasteiger partial charge in [-0.05, 0) is 11.1 Å². The van der Waals surface area contributed by atoms with Crippen LogP contribution in [0.1, 0.15) is 28.6 Å². The molecule has 1 unspecified atom stereocenters. The second kappa shape index (κ2) is 6.20. The Hall–Kier alpha value is -1.69. The minimum Gasteiger partial charge on any atom is -0.379 e. The highest BCUT2D eigenvalue weighted by molar-refractivity contribution is 5.34. The van der Waals surface area contributed by atoms with Crippen molar-refractivity contribution in [1.82, 2.24) is 20.2 Å². The summed E-state index contributed by atoms with van der Waals surface area (Å²) < 4.78 is 5.42. The molecule has 0 bridgehead atoms. The molecule has 3 heterocycles. The molecule has 0 spiro atoms. The summed E-state index contributed by atoms with van der Waals surface area (Å²) in [5.74, 6) is 0. The van der Waals surface area contributed by atoms with Crippen LogP contribution in [-0.2, 0) is 17.7 Å². The van der Waals surface area contributed by atoms with Crippen molar-refractivity contribution in [2.45, 2.75) is 19.0 Å². The third kappa shape index (κ3) is 2.79. The minimum absolute atomic E-state index is 0.208. The summed E-state index contributed by atoms with van der Waals surface area (Å²) in [6, 6.07) is 9.10. The maximum Gasteiger partial charge on any atom is 0.0926 e. The smallest absolute Gasteiger partial charge is 0.0926 e. The Morgan fingerprint density at radius 1 is 1.27 bits per heavy atom. The van der Waals surface area contributed by atoms with Gasteiger partial charge in [0.05, 0.1) is 31.3 Å². The lowest BCUT2D eigenvalue weighted by molar-refractivity contribution is 0.0342. The molecule has 0 saturated carbocycles. The van der Waals surface area contributed by atoms with E-state index in [9.17, 15) is 0 Å². The highest BCUT2D eigenvalue weighted by atomic mass is 16.5. The number of H-pyrrole nitrogens is 1. The predicted molar refractivity (Wildman–Crippen MR) is 84.7 cm³/mol. The molecule has 5 heteroatoms. The third-order valence-corrected chi connectivity index (χ3v) is 4.54. The molecule has 22 heavy (non-hydrogen) atoms.